The normalized spacial score (nSPS) is 16.0. The summed E-state index contributed by atoms with van der Waals surface area (Å²) in [7, 11) is 0. The zero-order chi connectivity index (χ0) is 21.7. The number of carbonyl (C=O) groups excluding carboxylic acids is 1. The Bertz CT molecular complexity index is 951. The molecule has 1 aliphatic rings. The first kappa shape index (κ1) is 23.0. The summed E-state index contributed by atoms with van der Waals surface area (Å²) in [6.07, 6.45) is 4.16. The predicted molar refractivity (Wildman–Crippen MR) is 124 cm³/mol. The molecule has 1 unspecified atom stereocenters. The zero-order valence-corrected chi connectivity index (χ0v) is 20.3. The van der Waals surface area contributed by atoms with Gasteiger partial charge in [-0.25, -0.2) is 4.98 Å². The topological polar surface area (TPSA) is 91.6 Å². The van der Waals surface area contributed by atoms with Crippen LogP contribution in [0.2, 0.25) is 0 Å². The lowest BCUT2D eigenvalue weighted by Crippen LogP contribution is -2.29. The lowest BCUT2D eigenvalue weighted by atomic mass is 9.69. The molecule has 2 aromatic heterocycles. The van der Waals surface area contributed by atoms with E-state index in [-0.39, 0.29) is 17.1 Å². The highest BCUT2D eigenvalue weighted by molar-refractivity contribution is 8.01. The van der Waals surface area contributed by atoms with Crippen LogP contribution in [-0.4, -0.2) is 32.6 Å². The number of nitrogens with zero attached hydrogens (tertiary/aromatic N) is 4. The third-order valence-electron chi connectivity index (χ3n) is 5.75. The summed E-state index contributed by atoms with van der Waals surface area (Å²) in [4.78, 5) is 17.1. The summed E-state index contributed by atoms with van der Waals surface area (Å²) in [6, 6.07) is 4.25. The molecule has 0 spiro atoms. The molecule has 1 amide bonds. The number of hydrogen-bond acceptors (Lipinski definition) is 8. The Morgan fingerprint density at radius 3 is 2.87 bits per heavy atom. The maximum atomic E-state index is 12.3. The SMILES string of the molecule is CCSc1nnc(NC(=O)CSc2nc3c(cc2C#N)CC(C(C)(C)CC)CC3)s1. The van der Waals surface area contributed by atoms with Crippen LogP contribution in [0.3, 0.4) is 0 Å². The van der Waals surface area contributed by atoms with E-state index < -0.39 is 0 Å². The number of amides is 1. The number of nitriles is 1. The van der Waals surface area contributed by atoms with Crippen LogP contribution in [0.1, 0.15) is 57.4 Å². The molecule has 1 atom stereocenters. The summed E-state index contributed by atoms with van der Waals surface area (Å²) in [5.74, 6) is 1.53. The number of aryl methyl sites for hydroxylation is 1. The molecule has 2 aromatic rings. The van der Waals surface area contributed by atoms with Gasteiger partial charge in [-0.1, -0.05) is 69.0 Å². The van der Waals surface area contributed by atoms with Crippen molar-refractivity contribution in [2.24, 2.45) is 11.3 Å². The number of anilines is 1. The Morgan fingerprint density at radius 1 is 1.37 bits per heavy atom. The van der Waals surface area contributed by atoms with Gasteiger partial charge in [-0.3, -0.25) is 10.1 Å². The van der Waals surface area contributed by atoms with Crippen molar-refractivity contribution in [2.45, 2.75) is 62.7 Å². The van der Waals surface area contributed by atoms with Crippen molar-refractivity contribution in [3.63, 3.8) is 0 Å². The van der Waals surface area contributed by atoms with Crippen molar-refractivity contribution >= 4 is 45.9 Å². The van der Waals surface area contributed by atoms with Gasteiger partial charge in [0.05, 0.1) is 11.3 Å². The standard InChI is InChI=1S/C21H27N5OS3/c1-5-21(3,4)15-7-8-16-13(10-15)9-14(11-22)18(23-16)29-12-17(27)24-19-25-26-20(30-19)28-6-2/h9,15H,5-8,10,12H2,1-4H3,(H,24,25,27). The second kappa shape index (κ2) is 10.1. The Labute approximate surface area is 190 Å². The van der Waals surface area contributed by atoms with Crippen LogP contribution in [0.5, 0.6) is 0 Å². The smallest absolute Gasteiger partial charge is 0.236 e. The van der Waals surface area contributed by atoms with Crippen molar-refractivity contribution in [3.05, 3.63) is 22.9 Å². The van der Waals surface area contributed by atoms with Gasteiger partial charge in [0.2, 0.25) is 11.0 Å². The van der Waals surface area contributed by atoms with Crippen LogP contribution < -0.4 is 5.32 Å². The van der Waals surface area contributed by atoms with Gasteiger partial charge < -0.3 is 0 Å². The van der Waals surface area contributed by atoms with Gasteiger partial charge in [0, 0.05) is 5.69 Å². The van der Waals surface area contributed by atoms with E-state index in [4.69, 9.17) is 4.98 Å². The molecule has 1 N–H and O–H groups in total. The van der Waals surface area contributed by atoms with Crippen LogP contribution >= 0.6 is 34.9 Å². The highest BCUT2D eigenvalue weighted by Crippen LogP contribution is 2.40. The number of carbonyl (C=O) groups is 1. The Balaban J connectivity index is 1.65. The van der Waals surface area contributed by atoms with Crippen LogP contribution in [-0.2, 0) is 17.6 Å². The van der Waals surface area contributed by atoms with Gasteiger partial charge in [-0.15, -0.1) is 10.2 Å². The molecule has 0 aromatic carbocycles. The quantitative estimate of drug-likeness (QED) is 0.427. The number of rotatable bonds is 8. The minimum absolute atomic E-state index is 0.169. The van der Waals surface area contributed by atoms with Crippen LogP contribution in [0.4, 0.5) is 5.13 Å². The average molecular weight is 462 g/mol. The van der Waals surface area contributed by atoms with E-state index in [2.05, 4.69) is 42.4 Å². The number of aromatic nitrogens is 3. The molecule has 0 saturated heterocycles. The summed E-state index contributed by atoms with van der Waals surface area (Å²) in [5, 5.41) is 21.6. The third-order valence-corrected chi connectivity index (χ3v) is 8.59. The first-order chi connectivity index (χ1) is 14.4. The first-order valence-electron chi connectivity index (χ1n) is 10.2. The van der Waals surface area contributed by atoms with Gasteiger partial charge >= 0.3 is 0 Å². The van der Waals surface area contributed by atoms with Gasteiger partial charge in [-0.05, 0) is 48.0 Å². The highest BCUT2D eigenvalue weighted by atomic mass is 32.2. The van der Waals surface area contributed by atoms with E-state index in [1.54, 1.807) is 11.8 Å². The van der Waals surface area contributed by atoms with E-state index >= 15 is 0 Å². The van der Waals surface area contributed by atoms with Gasteiger partial charge in [0.1, 0.15) is 11.1 Å². The number of hydrogen-bond donors (Lipinski definition) is 1. The lowest BCUT2D eigenvalue weighted by Gasteiger charge is -2.37. The lowest BCUT2D eigenvalue weighted by molar-refractivity contribution is -0.113. The molecule has 30 heavy (non-hydrogen) atoms. The fourth-order valence-corrected chi connectivity index (χ4v) is 5.96. The monoisotopic (exact) mass is 461 g/mol. The maximum absolute atomic E-state index is 12.3. The Kier molecular flexibility index (Phi) is 7.77. The number of thioether (sulfide) groups is 2. The van der Waals surface area contributed by atoms with E-state index in [1.165, 1.54) is 28.7 Å². The molecule has 3 rings (SSSR count). The maximum Gasteiger partial charge on any atom is 0.236 e. The number of fused-ring (bicyclic) bond motifs is 1. The van der Waals surface area contributed by atoms with Crippen molar-refractivity contribution in [2.75, 3.05) is 16.8 Å². The molecule has 0 radical (unpaired) electrons. The molecular formula is C21H27N5OS3. The highest BCUT2D eigenvalue weighted by Gasteiger charge is 2.32. The van der Waals surface area contributed by atoms with E-state index in [1.807, 2.05) is 13.0 Å². The molecule has 2 heterocycles. The summed E-state index contributed by atoms with van der Waals surface area (Å²) >= 11 is 4.27. The molecule has 1 aliphatic carbocycles. The average Bonchev–Trinajstić information content (AvgIpc) is 3.18. The second-order valence-corrected chi connectivity index (χ2v) is 11.4. The van der Waals surface area contributed by atoms with Crippen molar-refractivity contribution in [1.82, 2.24) is 15.2 Å². The van der Waals surface area contributed by atoms with Gasteiger partial charge in [0.15, 0.2) is 4.34 Å². The summed E-state index contributed by atoms with van der Waals surface area (Å²) in [6.45, 7) is 8.94. The summed E-state index contributed by atoms with van der Waals surface area (Å²) in [5.41, 5.74) is 3.10. The molecule has 0 bridgehead atoms. The minimum Gasteiger partial charge on any atom is -0.300 e. The van der Waals surface area contributed by atoms with Crippen LogP contribution in [0.15, 0.2) is 15.4 Å². The second-order valence-electron chi connectivity index (χ2n) is 7.98. The molecule has 6 nitrogen and oxygen atoms in total. The number of pyridine rings is 1. The number of nitrogens with one attached hydrogen (secondary N) is 1. The first-order valence-corrected chi connectivity index (χ1v) is 13.0. The summed E-state index contributed by atoms with van der Waals surface area (Å²) < 4.78 is 0.841. The van der Waals surface area contributed by atoms with Crippen molar-refractivity contribution in [3.8, 4) is 6.07 Å². The molecule has 9 heteroatoms. The molecular weight excluding hydrogens is 434 g/mol. The Hall–Kier alpha value is -1.63. The van der Waals surface area contributed by atoms with Gasteiger partial charge in [-0.2, -0.15) is 5.26 Å². The fourth-order valence-electron chi connectivity index (χ4n) is 3.52. The van der Waals surface area contributed by atoms with E-state index in [9.17, 15) is 10.1 Å². The molecule has 0 fully saturated rings. The van der Waals surface area contributed by atoms with Crippen molar-refractivity contribution in [1.29, 1.82) is 5.26 Å². The zero-order valence-electron chi connectivity index (χ0n) is 17.8. The largest absolute Gasteiger partial charge is 0.300 e. The minimum atomic E-state index is -0.169. The molecule has 0 aliphatic heterocycles. The van der Waals surface area contributed by atoms with E-state index in [0.29, 0.717) is 21.6 Å². The predicted octanol–water partition coefficient (Wildman–Crippen LogP) is 5.19. The van der Waals surface area contributed by atoms with E-state index in [0.717, 1.165) is 41.5 Å². The van der Waals surface area contributed by atoms with Gasteiger partial charge in [0.25, 0.3) is 0 Å². The fraction of sp³-hybridized carbons (Fsp3) is 0.571. The molecule has 160 valence electrons. The molecule has 0 saturated carbocycles. The van der Waals surface area contributed by atoms with Crippen LogP contribution in [0, 0.1) is 22.7 Å². The Morgan fingerprint density at radius 2 is 2.17 bits per heavy atom. The van der Waals surface area contributed by atoms with Crippen molar-refractivity contribution < 1.29 is 4.79 Å². The van der Waals surface area contributed by atoms with Crippen LogP contribution in [0.25, 0.3) is 0 Å². The third kappa shape index (κ3) is 5.54.